The van der Waals surface area contributed by atoms with E-state index in [2.05, 4.69) is 16.4 Å². The van der Waals surface area contributed by atoms with Gasteiger partial charge in [-0.05, 0) is 36.4 Å². The highest BCUT2D eigenvalue weighted by Crippen LogP contribution is 2.36. The molecule has 3 N–H and O–H groups in total. The number of benzene rings is 2. The van der Waals surface area contributed by atoms with E-state index in [0.29, 0.717) is 27.9 Å². The minimum Gasteiger partial charge on any atom is -0.507 e. The Labute approximate surface area is 168 Å². The highest BCUT2D eigenvalue weighted by molar-refractivity contribution is 7.11. The van der Waals surface area contributed by atoms with Gasteiger partial charge in [-0.2, -0.15) is 5.26 Å². The monoisotopic (exact) mass is 407 g/mol. The van der Waals surface area contributed by atoms with Crippen molar-refractivity contribution in [1.82, 2.24) is 4.98 Å². The van der Waals surface area contributed by atoms with E-state index in [1.807, 2.05) is 23.6 Å². The van der Waals surface area contributed by atoms with Crippen LogP contribution in [-0.4, -0.2) is 28.0 Å². The summed E-state index contributed by atoms with van der Waals surface area (Å²) in [5.74, 6) is -0.248. The average molecular weight is 407 g/mol. The fourth-order valence-electron chi connectivity index (χ4n) is 2.68. The second-order valence-electron chi connectivity index (χ2n) is 5.96. The van der Waals surface area contributed by atoms with Gasteiger partial charge >= 0.3 is 5.97 Å². The van der Waals surface area contributed by atoms with Crippen LogP contribution >= 0.6 is 11.3 Å². The number of hydrogen-bond acceptors (Lipinski definition) is 8. The summed E-state index contributed by atoms with van der Waals surface area (Å²) in [5.41, 5.74) is 2.00. The number of thiazole rings is 1. The number of carboxylic acid groups (broad SMARTS) is 1. The first-order chi connectivity index (χ1) is 14.0. The molecule has 0 aliphatic carbocycles. The molecule has 2 aromatic carbocycles. The largest absolute Gasteiger partial charge is 0.507 e. The fraction of sp³-hybridized carbons (Fsp3) is 0.0500. The number of fused-ring (bicyclic) bond motifs is 1. The van der Waals surface area contributed by atoms with E-state index >= 15 is 0 Å². The third kappa shape index (κ3) is 3.69. The van der Waals surface area contributed by atoms with Crippen LogP contribution in [0.2, 0.25) is 0 Å². The van der Waals surface area contributed by atoms with E-state index in [0.717, 1.165) is 5.56 Å². The molecule has 144 valence electrons. The molecule has 0 fully saturated rings. The first kappa shape index (κ1) is 18.3. The van der Waals surface area contributed by atoms with Crippen molar-refractivity contribution < 1.29 is 24.5 Å². The molecular weight excluding hydrogens is 394 g/mol. The molecule has 8 nitrogen and oxygen atoms in total. The van der Waals surface area contributed by atoms with E-state index in [1.165, 1.54) is 35.7 Å². The number of aromatic carboxylic acids is 1. The van der Waals surface area contributed by atoms with Gasteiger partial charge in [0.05, 0.1) is 5.69 Å². The van der Waals surface area contributed by atoms with Crippen molar-refractivity contribution in [3.8, 4) is 34.6 Å². The molecule has 0 saturated heterocycles. The zero-order chi connectivity index (χ0) is 20.4. The van der Waals surface area contributed by atoms with Crippen LogP contribution < -0.4 is 14.8 Å². The lowest BCUT2D eigenvalue weighted by Gasteiger charge is -2.05. The zero-order valence-electron chi connectivity index (χ0n) is 14.7. The van der Waals surface area contributed by atoms with Gasteiger partial charge < -0.3 is 25.0 Å². The predicted octanol–water partition coefficient (Wildman–Crippen LogP) is 3.92. The molecule has 1 aliphatic rings. The maximum absolute atomic E-state index is 11.1. The van der Waals surface area contributed by atoms with E-state index < -0.39 is 5.97 Å². The van der Waals surface area contributed by atoms with Crippen LogP contribution in [-0.2, 0) is 0 Å². The van der Waals surface area contributed by atoms with E-state index in [-0.39, 0.29) is 23.7 Å². The van der Waals surface area contributed by atoms with Crippen LogP contribution in [0.1, 0.15) is 15.4 Å². The van der Waals surface area contributed by atoms with Crippen LogP contribution in [0.5, 0.6) is 17.2 Å². The Bertz CT molecular complexity index is 1180. The Hall–Kier alpha value is -4.03. The highest BCUT2D eigenvalue weighted by atomic mass is 32.1. The molecule has 1 aromatic heterocycles. The number of rotatable bonds is 5. The molecule has 0 bridgehead atoms. The van der Waals surface area contributed by atoms with Gasteiger partial charge in [0, 0.05) is 22.8 Å². The lowest BCUT2D eigenvalue weighted by atomic mass is 10.1. The van der Waals surface area contributed by atoms with Crippen molar-refractivity contribution >= 4 is 28.6 Å². The number of hydrogen-bond donors (Lipinski definition) is 3. The number of nitriles is 1. The molecule has 0 atom stereocenters. The Kier molecular flexibility index (Phi) is 4.76. The molecule has 9 heteroatoms. The molecular formula is C20H13N3O5S. The number of allylic oxidation sites excluding steroid dienone is 1. The molecule has 3 aromatic rings. The summed E-state index contributed by atoms with van der Waals surface area (Å²) < 4.78 is 10.7. The average Bonchev–Trinajstić information content (AvgIpc) is 3.38. The number of carbonyl (C=O) groups is 1. The summed E-state index contributed by atoms with van der Waals surface area (Å²) in [6, 6.07) is 11.6. The Morgan fingerprint density at radius 2 is 2.07 bits per heavy atom. The summed E-state index contributed by atoms with van der Waals surface area (Å²) in [4.78, 5) is 15.6. The van der Waals surface area contributed by atoms with E-state index in [9.17, 15) is 15.2 Å². The van der Waals surface area contributed by atoms with Crippen molar-refractivity contribution in [3.63, 3.8) is 0 Å². The maximum Gasteiger partial charge on any atom is 0.339 e. The number of aromatic hydroxyl groups is 1. The van der Waals surface area contributed by atoms with Crippen LogP contribution in [0.25, 0.3) is 16.8 Å². The van der Waals surface area contributed by atoms with Crippen LogP contribution in [0.3, 0.4) is 0 Å². The topological polar surface area (TPSA) is 125 Å². The number of nitrogens with one attached hydrogen (secondary N) is 1. The third-order valence-electron chi connectivity index (χ3n) is 4.13. The number of phenols is 1. The lowest BCUT2D eigenvalue weighted by Crippen LogP contribution is -1.98. The summed E-state index contributed by atoms with van der Waals surface area (Å²) in [7, 11) is 0. The number of carboxylic acids is 1. The zero-order valence-corrected chi connectivity index (χ0v) is 15.6. The Morgan fingerprint density at radius 1 is 1.24 bits per heavy atom. The maximum atomic E-state index is 11.1. The number of ether oxygens (including phenoxy) is 2. The van der Waals surface area contributed by atoms with Crippen LogP contribution in [0, 0.1) is 11.3 Å². The summed E-state index contributed by atoms with van der Waals surface area (Å²) in [6.07, 6.45) is 1.44. The first-order valence-corrected chi connectivity index (χ1v) is 9.22. The first-order valence-electron chi connectivity index (χ1n) is 8.34. The molecule has 0 radical (unpaired) electrons. The molecule has 2 heterocycles. The summed E-state index contributed by atoms with van der Waals surface area (Å²) in [6.45, 7) is 0.189. The van der Waals surface area contributed by atoms with Gasteiger partial charge in [0.15, 0.2) is 11.5 Å². The van der Waals surface area contributed by atoms with E-state index in [4.69, 9.17) is 14.6 Å². The van der Waals surface area contributed by atoms with Gasteiger partial charge in [-0.15, -0.1) is 11.3 Å². The standard InChI is InChI=1S/C20H13N3O5S/c21-7-12(8-22-13-2-3-16(24)14(6-13)20(25)26)19-23-15(9-29-19)11-1-4-17-18(5-11)28-10-27-17/h1-6,8-9,22,24H,10H2,(H,25,26). The smallest absolute Gasteiger partial charge is 0.339 e. The van der Waals surface area contributed by atoms with Crippen molar-refractivity contribution in [1.29, 1.82) is 5.26 Å². The number of nitrogens with zero attached hydrogens (tertiary/aromatic N) is 2. The van der Waals surface area contributed by atoms with Crippen molar-refractivity contribution in [2.75, 3.05) is 12.1 Å². The SMILES string of the molecule is N#CC(=CNc1ccc(O)c(C(=O)O)c1)c1nc(-c2ccc3c(c2)OCO3)cs1. The summed E-state index contributed by atoms with van der Waals surface area (Å²) in [5, 5.41) is 33.4. The van der Waals surface area contributed by atoms with Gasteiger partial charge in [0.1, 0.15) is 28.0 Å². The van der Waals surface area contributed by atoms with Gasteiger partial charge in [-0.3, -0.25) is 0 Å². The molecule has 1 aliphatic heterocycles. The fourth-order valence-corrected chi connectivity index (χ4v) is 3.47. The van der Waals surface area contributed by atoms with Crippen molar-refractivity contribution in [3.05, 3.63) is 58.5 Å². The predicted molar refractivity (Wildman–Crippen MR) is 106 cm³/mol. The molecule has 0 spiro atoms. The molecule has 29 heavy (non-hydrogen) atoms. The van der Waals surface area contributed by atoms with Crippen molar-refractivity contribution in [2.45, 2.75) is 0 Å². The second kappa shape index (κ2) is 7.53. The van der Waals surface area contributed by atoms with Gasteiger partial charge in [0.25, 0.3) is 0 Å². The van der Waals surface area contributed by atoms with Crippen LogP contribution in [0.15, 0.2) is 48.0 Å². The van der Waals surface area contributed by atoms with Crippen molar-refractivity contribution in [2.24, 2.45) is 0 Å². The van der Waals surface area contributed by atoms with Crippen LogP contribution in [0.4, 0.5) is 5.69 Å². The minimum atomic E-state index is -1.25. The Morgan fingerprint density at radius 3 is 2.86 bits per heavy atom. The minimum absolute atomic E-state index is 0.189. The van der Waals surface area contributed by atoms with Gasteiger partial charge in [0.2, 0.25) is 6.79 Å². The van der Waals surface area contributed by atoms with E-state index in [1.54, 1.807) is 0 Å². The highest BCUT2D eigenvalue weighted by Gasteiger charge is 2.16. The molecule has 4 rings (SSSR count). The van der Waals surface area contributed by atoms with Gasteiger partial charge in [-0.25, -0.2) is 9.78 Å². The lowest BCUT2D eigenvalue weighted by molar-refractivity contribution is 0.0694. The number of anilines is 1. The van der Waals surface area contributed by atoms with Gasteiger partial charge in [-0.1, -0.05) is 0 Å². The second-order valence-corrected chi connectivity index (χ2v) is 6.82. The molecule has 0 unspecified atom stereocenters. The number of aromatic nitrogens is 1. The molecule has 0 amide bonds. The normalized spacial score (nSPS) is 12.4. The third-order valence-corrected chi connectivity index (χ3v) is 5.01. The molecule has 0 saturated carbocycles. The summed E-state index contributed by atoms with van der Waals surface area (Å²) >= 11 is 1.31. The Balaban J connectivity index is 1.57. The quantitative estimate of drug-likeness (QED) is 0.429.